The number of hydrogen-bond acceptors (Lipinski definition) is 0. The van der Waals surface area contributed by atoms with Crippen LogP contribution in [-0.2, 0) is 0 Å². The molecule has 86 valence electrons. The first kappa shape index (κ1) is 14.0. The lowest BCUT2D eigenvalue weighted by Crippen LogP contribution is -2.31. The third-order valence-electron chi connectivity index (χ3n) is 4.53. The number of rotatable bonds is 6. The van der Waals surface area contributed by atoms with Gasteiger partial charge in [0, 0.05) is 0 Å². The topological polar surface area (TPSA) is 0 Å². The molecule has 0 aliphatic rings. The minimum Gasteiger partial charge on any atom is -0.0651 e. The van der Waals surface area contributed by atoms with E-state index in [0.717, 1.165) is 17.8 Å². The summed E-state index contributed by atoms with van der Waals surface area (Å²) >= 11 is 0. The molecule has 0 heterocycles. The molecular formula is C14H30. The average Bonchev–Trinajstić information content (AvgIpc) is 2.17. The molecule has 3 unspecified atom stereocenters. The smallest absolute Gasteiger partial charge is 0.0326 e. The molecule has 0 rings (SSSR count). The van der Waals surface area contributed by atoms with Gasteiger partial charge in [0.15, 0.2) is 0 Å². The summed E-state index contributed by atoms with van der Waals surface area (Å²) < 4.78 is 0. The van der Waals surface area contributed by atoms with Gasteiger partial charge < -0.3 is 0 Å². The highest BCUT2D eigenvalue weighted by Crippen LogP contribution is 2.41. The van der Waals surface area contributed by atoms with Crippen LogP contribution in [0, 0.1) is 23.2 Å². The van der Waals surface area contributed by atoms with Crippen molar-refractivity contribution < 1.29 is 0 Å². The van der Waals surface area contributed by atoms with Gasteiger partial charge in [-0.25, -0.2) is 0 Å². The second-order valence-corrected chi connectivity index (χ2v) is 5.60. The van der Waals surface area contributed by atoms with Crippen molar-refractivity contribution in [3.05, 3.63) is 0 Å². The Morgan fingerprint density at radius 3 is 1.71 bits per heavy atom. The van der Waals surface area contributed by atoms with Crippen LogP contribution in [-0.4, -0.2) is 0 Å². The Balaban J connectivity index is 4.55. The van der Waals surface area contributed by atoms with E-state index in [-0.39, 0.29) is 0 Å². The maximum atomic E-state index is 2.44. The SMILES string of the molecule is CCC(C)C(C)C(CC)C(C)(C)CC. The van der Waals surface area contributed by atoms with Crippen molar-refractivity contribution in [1.29, 1.82) is 0 Å². The zero-order valence-electron chi connectivity index (χ0n) is 11.4. The quantitative estimate of drug-likeness (QED) is 0.555. The monoisotopic (exact) mass is 198 g/mol. The van der Waals surface area contributed by atoms with E-state index in [1.165, 1.54) is 19.3 Å². The van der Waals surface area contributed by atoms with Crippen LogP contribution in [0.2, 0.25) is 0 Å². The molecule has 0 aliphatic heterocycles. The molecule has 0 aliphatic carbocycles. The third kappa shape index (κ3) is 3.29. The molecule has 14 heavy (non-hydrogen) atoms. The molecule has 0 aromatic carbocycles. The summed E-state index contributed by atoms with van der Waals surface area (Å²) in [5, 5.41) is 0. The van der Waals surface area contributed by atoms with Crippen LogP contribution in [0.3, 0.4) is 0 Å². The van der Waals surface area contributed by atoms with E-state index >= 15 is 0 Å². The van der Waals surface area contributed by atoms with Gasteiger partial charge in [-0.2, -0.15) is 0 Å². The Bertz CT molecular complexity index is 146. The molecule has 0 amide bonds. The van der Waals surface area contributed by atoms with E-state index in [1.54, 1.807) is 0 Å². The van der Waals surface area contributed by atoms with E-state index in [0.29, 0.717) is 5.41 Å². The molecule has 0 spiro atoms. The number of hydrogen-bond donors (Lipinski definition) is 0. The minimum atomic E-state index is 0.512. The average molecular weight is 198 g/mol. The lowest BCUT2D eigenvalue weighted by atomic mass is 9.66. The first-order chi connectivity index (χ1) is 6.40. The van der Waals surface area contributed by atoms with Crippen molar-refractivity contribution in [1.82, 2.24) is 0 Å². The lowest BCUT2D eigenvalue weighted by molar-refractivity contribution is 0.101. The van der Waals surface area contributed by atoms with E-state index in [4.69, 9.17) is 0 Å². The van der Waals surface area contributed by atoms with Crippen LogP contribution in [0.5, 0.6) is 0 Å². The summed E-state index contributed by atoms with van der Waals surface area (Å²) in [6, 6.07) is 0. The molecule has 0 radical (unpaired) electrons. The van der Waals surface area contributed by atoms with Crippen LogP contribution in [0.15, 0.2) is 0 Å². The van der Waals surface area contributed by atoms with Gasteiger partial charge >= 0.3 is 0 Å². The molecule has 0 nitrogen and oxygen atoms in total. The van der Waals surface area contributed by atoms with Gasteiger partial charge in [0.2, 0.25) is 0 Å². The molecule has 0 N–H and O–H groups in total. The van der Waals surface area contributed by atoms with Crippen molar-refractivity contribution in [2.24, 2.45) is 23.2 Å². The van der Waals surface area contributed by atoms with Gasteiger partial charge in [-0.1, -0.05) is 67.7 Å². The van der Waals surface area contributed by atoms with Gasteiger partial charge in [-0.05, 0) is 23.2 Å². The largest absolute Gasteiger partial charge is 0.0651 e. The molecule has 0 saturated heterocycles. The maximum absolute atomic E-state index is 2.44. The molecule has 0 heteroatoms. The molecular weight excluding hydrogens is 168 g/mol. The Morgan fingerprint density at radius 1 is 0.929 bits per heavy atom. The Kier molecular flexibility index (Phi) is 5.78. The fraction of sp³-hybridized carbons (Fsp3) is 1.00. The van der Waals surface area contributed by atoms with Crippen LogP contribution < -0.4 is 0 Å². The van der Waals surface area contributed by atoms with Gasteiger partial charge in [0.05, 0.1) is 0 Å². The zero-order valence-corrected chi connectivity index (χ0v) is 11.4. The van der Waals surface area contributed by atoms with E-state index in [1.807, 2.05) is 0 Å². The van der Waals surface area contributed by atoms with Gasteiger partial charge in [-0.3, -0.25) is 0 Å². The summed E-state index contributed by atoms with van der Waals surface area (Å²) in [4.78, 5) is 0. The minimum absolute atomic E-state index is 0.512. The van der Waals surface area contributed by atoms with Crippen LogP contribution in [0.4, 0.5) is 0 Å². The van der Waals surface area contributed by atoms with Crippen LogP contribution >= 0.6 is 0 Å². The van der Waals surface area contributed by atoms with Crippen molar-refractivity contribution in [2.45, 2.75) is 67.7 Å². The fourth-order valence-corrected chi connectivity index (χ4v) is 2.67. The molecule has 0 aromatic rings. The van der Waals surface area contributed by atoms with E-state index < -0.39 is 0 Å². The predicted molar refractivity (Wildman–Crippen MR) is 66.5 cm³/mol. The lowest BCUT2D eigenvalue weighted by Gasteiger charge is -2.39. The highest BCUT2D eigenvalue weighted by molar-refractivity contribution is 4.82. The molecule has 0 fully saturated rings. The Labute approximate surface area is 91.5 Å². The van der Waals surface area contributed by atoms with Crippen LogP contribution in [0.1, 0.15) is 67.7 Å². The summed E-state index contributed by atoms with van der Waals surface area (Å²) in [7, 11) is 0. The molecule has 0 bridgehead atoms. The first-order valence-corrected chi connectivity index (χ1v) is 6.40. The molecule has 0 saturated carbocycles. The van der Waals surface area contributed by atoms with Gasteiger partial charge in [0.1, 0.15) is 0 Å². The zero-order chi connectivity index (χ0) is 11.4. The summed E-state index contributed by atoms with van der Waals surface area (Å²) in [5.74, 6) is 2.60. The Morgan fingerprint density at radius 2 is 1.43 bits per heavy atom. The van der Waals surface area contributed by atoms with E-state index in [2.05, 4.69) is 48.5 Å². The van der Waals surface area contributed by atoms with E-state index in [9.17, 15) is 0 Å². The molecule has 0 aromatic heterocycles. The normalized spacial score (nSPS) is 19.1. The molecule has 3 atom stereocenters. The standard InChI is InChI=1S/C14H30/c1-8-11(4)12(5)13(9-2)14(6,7)10-3/h11-13H,8-10H2,1-7H3. The summed E-state index contributed by atoms with van der Waals surface area (Å²) in [6.07, 6.45) is 3.94. The van der Waals surface area contributed by atoms with Crippen molar-refractivity contribution in [2.75, 3.05) is 0 Å². The van der Waals surface area contributed by atoms with Crippen molar-refractivity contribution >= 4 is 0 Å². The Hall–Kier alpha value is 0. The maximum Gasteiger partial charge on any atom is -0.0326 e. The second-order valence-electron chi connectivity index (χ2n) is 5.60. The van der Waals surface area contributed by atoms with Crippen molar-refractivity contribution in [3.8, 4) is 0 Å². The van der Waals surface area contributed by atoms with Gasteiger partial charge in [-0.15, -0.1) is 0 Å². The highest BCUT2D eigenvalue weighted by atomic mass is 14.4. The first-order valence-electron chi connectivity index (χ1n) is 6.40. The highest BCUT2D eigenvalue weighted by Gasteiger charge is 2.32. The third-order valence-corrected chi connectivity index (χ3v) is 4.53. The second kappa shape index (κ2) is 5.78. The summed E-state index contributed by atoms with van der Waals surface area (Å²) in [5.41, 5.74) is 0.512. The van der Waals surface area contributed by atoms with Gasteiger partial charge in [0.25, 0.3) is 0 Å². The van der Waals surface area contributed by atoms with Crippen molar-refractivity contribution in [3.63, 3.8) is 0 Å². The van der Waals surface area contributed by atoms with Crippen LogP contribution in [0.25, 0.3) is 0 Å². The fourth-order valence-electron chi connectivity index (χ4n) is 2.67. The summed E-state index contributed by atoms with van der Waals surface area (Å²) in [6.45, 7) is 16.7. The predicted octanol–water partition coefficient (Wildman–Crippen LogP) is 5.13.